The van der Waals surface area contributed by atoms with E-state index in [9.17, 15) is 0 Å². The standard InChI is InChI=1S/C18H29N3/c1-3-21-14(2)16(17-6-4-5-7-18(17)21)10-13-20-15-8-11-19-12-9-15/h4-7,14-16,19-20H,3,8-13H2,1-2H3. The number of nitrogens with zero attached hydrogens (tertiary/aromatic N) is 1. The number of rotatable bonds is 5. The van der Waals surface area contributed by atoms with Gasteiger partial charge in [0.25, 0.3) is 0 Å². The summed E-state index contributed by atoms with van der Waals surface area (Å²) in [5.41, 5.74) is 3.01. The zero-order valence-corrected chi connectivity index (χ0v) is 13.4. The number of anilines is 1. The van der Waals surface area contributed by atoms with E-state index in [2.05, 4.69) is 53.6 Å². The molecule has 0 saturated carbocycles. The Labute approximate surface area is 129 Å². The van der Waals surface area contributed by atoms with E-state index in [1.807, 2.05) is 0 Å². The van der Waals surface area contributed by atoms with Gasteiger partial charge in [-0.05, 0) is 64.4 Å². The molecule has 1 saturated heterocycles. The van der Waals surface area contributed by atoms with E-state index in [4.69, 9.17) is 0 Å². The second-order valence-corrected chi connectivity index (χ2v) is 6.46. The van der Waals surface area contributed by atoms with Crippen LogP contribution in [0.15, 0.2) is 24.3 Å². The van der Waals surface area contributed by atoms with E-state index < -0.39 is 0 Å². The third-order valence-corrected chi connectivity index (χ3v) is 5.29. The maximum absolute atomic E-state index is 3.77. The maximum atomic E-state index is 3.77. The van der Waals surface area contributed by atoms with Crippen molar-refractivity contribution in [3.8, 4) is 0 Å². The van der Waals surface area contributed by atoms with Crippen LogP contribution in [0.1, 0.15) is 44.6 Å². The maximum Gasteiger partial charge on any atom is 0.0404 e. The average molecular weight is 287 g/mol. The molecule has 1 aromatic rings. The Balaban J connectivity index is 1.60. The molecule has 2 heterocycles. The molecule has 2 atom stereocenters. The lowest BCUT2D eigenvalue weighted by Gasteiger charge is -2.27. The molecule has 3 heteroatoms. The van der Waals surface area contributed by atoms with Crippen LogP contribution in [0.4, 0.5) is 5.69 Å². The van der Waals surface area contributed by atoms with Crippen molar-refractivity contribution in [1.82, 2.24) is 10.6 Å². The summed E-state index contributed by atoms with van der Waals surface area (Å²) in [7, 11) is 0. The summed E-state index contributed by atoms with van der Waals surface area (Å²) >= 11 is 0. The Morgan fingerprint density at radius 2 is 2.00 bits per heavy atom. The Bertz CT molecular complexity index is 454. The summed E-state index contributed by atoms with van der Waals surface area (Å²) in [4.78, 5) is 2.56. The van der Waals surface area contributed by atoms with Gasteiger partial charge in [-0.1, -0.05) is 18.2 Å². The van der Waals surface area contributed by atoms with Crippen LogP contribution < -0.4 is 15.5 Å². The van der Waals surface area contributed by atoms with Gasteiger partial charge in [-0.15, -0.1) is 0 Å². The van der Waals surface area contributed by atoms with Crippen LogP contribution in [-0.4, -0.2) is 38.3 Å². The van der Waals surface area contributed by atoms with Crippen LogP contribution in [0, 0.1) is 0 Å². The quantitative estimate of drug-likeness (QED) is 0.872. The fourth-order valence-electron chi connectivity index (χ4n) is 4.08. The molecule has 3 rings (SSSR count). The van der Waals surface area contributed by atoms with Gasteiger partial charge < -0.3 is 15.5 Å². The van der Waals surface area contributed by atoms with Gasteiger partial charge >= 0.3 is 0 Å². The number of fused-ring (bicyclic) bond motifs is 1. The van der Waals surface area contributed by atoms with Crippen molar-refractivity contribution >= 4 is 5.69 Å². The second-order valence-electron chi connectivity index (χ2n) is 6.46. The molecule has 21 heavy (non-hydrogen) atoms. The van der Waals surface area contributed by atoms with Crippen LogP contribution in [0.2, 0.25) is 0 Å². The highest BCUT2D eigenvalue weighted by molar-refractivity contribution is 5.61. The predicted molar refractivity (Wildman–Crippen MR) is 90.2 cm³/mol. The molecule has 2 aliphatic rings. The smallest absolute Gasteiger partial charge is 0.0404 e. The first-order chi connectivity index (χ1) is 10.3. The molecule has 0 spiro atoms. The zero-order valence-electron chi connectivity index (χ0n) is 13.4. The van der Waals surface area contributed by atoms with E-state index in [-0.39, 0.29) is 0 Å². The first-order valence-corrected chi connectivity index (χ1v) is 8.61. The Kier molecular flexibility index (Phi) is 4.81. The topological polar surface area (TPSA) is 27.3 Å². The van der Waals surface area contributed by atoms with Crippen LogP contribution in [0.3, 0.4) is 0 Å². The van der Waals surface area contributed by atoms with E-state index >= 15 is 0 Å². The summed E-state index contributed by atoms with van der Waals surface area (Å²) in [5, 5.41) is 7.21. The fourth-order valence-corrected chi connectivity index (χ4v) is 4.08. The minimum atomic E-state index is 0.627. The van der Waals surface area contributed by atoms with E-state index in [0.717, 1.165) is 19.1 Å². The van der Waals surface area contributed by atoms with Gasteiger partial charge in [0.1, 0.15) is 0 Å². The third kappa shape index (κ3) is 3.09. The minimum absolute atomic E-state index is 0.627. The molecule has 1 aromatic carbocycles. The summed E-state index contributed by atoms with van der Waals surface area (Å²) in [5.74, 6) is 0.676. The van der Waals surface area contributed by atoms with Crippen LogP contribution >= 0.6 is 0 Å². The highest BCUT2D eigenvalue weighted by Gasteiger charge is 2.33. The SMILES string of the molecule is CCN1c2ccccc2C(CCNC2CCNCC2)C1C. The van der Waals surface area contributed by atoms with Crippen molar-refractivity contribution in [2.24, 2.45) is 0 Å². The Morgan fingerprint density at radius 1 is 1.24 bits per heavy atom. The third-order valence-electron chi connectivity index (χ3n) is 5.29. The number of likely N-dealkylation sites (N-methyl/N-ethyl adjacent to an activating group) is 1. The molecule has 116 valence electrons. The molecule has 0 bridgehead atoms. The lowest BCUT2D eigenvalue weighted by molar-refractivity contribution is 0.376. The van der Waals surface area contributed by atoms with Crippen molar-refractivity contribution in [1.29, 1.82) is 0 Å². The molecule has 0 amide bonds. The van der Waals surface area contributed by atoms with Crippen molar-refractivity contribution in [3.63, 3.8) is 0 Å². The summed E-state index contributed by atoms with van der Waals surface area (Å²) < 4.78 is 0. The summed E-state index contributed by atoms with van der Waals surface area (Å²) in [6, 6.07) is 10.3. The number of benzene rings is 1. The normalized spacial score (nSPS) is 26.1. The number of piperidine rings is 1. The van der Waals surface area contributed by atoms with Crippen LogP contribution in [0.5, 0.6) is 0 Å². The first kappa shape index (κ1) is 14.9. The van der Waals surface area contributed by atoms with Gasteiger partial charge in [-0.25, -0.2) is 0 Å². The van der Waals surface area contributed by atoms with Crippen LogP contribution in [0.25, 0.3) is 0 Å². The first-order valence-electron chi connectivity index (χ1n) is 8.61. The van der Waals surface area contributed by atoms with Crippen LogP contribution in [-0.2, 0) is 0 Å². The molecule has 1 fully saturated rings. The van der Waals surface area contributed by atoms with E-state index in [1.165, 1.54) is 38.0 Å². The van der Waals surface area contributed by atoms with E-state index in [1.54, 1.807) is 5.56 Å². The van der Waals surface area contributed by atoms with Gasteiger partial charge in [-0.2, -0.15) is 0 Å². The Morgan fingerprint density at radius 3 is 2.76 bits per heavy atom. The molecule has 2 N–H and O–H groups in total. The van der Waals surface area contributed by atoms with Gasteiger partial charge in [0.15, 0.2) is 0 Å². The minimum Gasteiger partial charge on any atom is -0.368 e. The zero-order chi connectivity index (χ0) is 14.7. The molecule has 0 aromatic heterocycles. The fraction of sp³-hybridized carbons (Fsp3) is 0.667. The summed E-state index contributed by atoms with van der Waals surface area (Å²) in [6.07, 6.45) is 3.80. The van der Waals surface area contributed by atoms with Gasteiger partial charge in [0, 0.05) is 30.2 Å². The second kappa shape index (κ2) is 6.80. The summed E-state index contributed by atoms with van der Waals surface area (Å²) in [6.45, 7) is 9.25. The number of hydrogen-bond acceptors (Lipinski definition) is 3. The lowest BCUT2D eigenvalue weighted by atomic mass is 9.92. The number of nitrogens with one attached hydrogen (secondary N) is 2. The molecule has 0 aliphatic carbocycles. The molecular weight excluding hydrogens is 258 g/mol. The molecule has 2 aliphatic heterocycles. The monoisotopic (exact) mass is 287 g/mol. The molecule has 2 unspecified atom stereocenters. The van der Waals surface area contributed by atoms with Crippen molar-refractivity contribution in [3.05, 3.63) is 29.8 Å². The van der Waals surface area contributed by atoms with E-state index in [0.29, 0.717) is 12.0 Å². The molecular formula is C18H29N3. The van der Waals surface area contributed by atoms with Crippen molar-refractivity contribution < 1.29 is 0 Å². The lowest BCUT2D eigenvalue weighted by Crippen LogP contribution is -2.41. The highest BCUT2D eigenvalue weighted by atomic mass is 15.2. The van der Waals surface area contributed by atoms with Gasteiger partial charge in [0.2, 0.25) is 0 Å². The van der Waals surface area contributed by atoms with Crippen molar-refractivity contribution in [2.45, 2.75) is 51.1 Å². The molecule has 3 nitrogen and oxygen atoms in total. The van der Waals surface area contributed by atoms with Gasteiger partial charge in [0.05, 0.1) is 0 Å². The molecule has 0 radical (unpaired) electrons. The number of para-hydroxylation sites is 1. The van der Waals surface area contributed by atoms with Gasteiger partial charge in [-0.3, -0.25) is 0 Å². The average Bonchev–Trinajstić information content (AvgIpc) is 2.80. The Hall–Kier alpha value is -1.06. The highest BCUT2D eigenvalue weighted by Crippen LogP contribution is 2.42. The predicted octanol–water partition coefficient (Wildman–Crippen LogP) is 2.73. The largest absolute Gasteiger partial charge is 0.368 e. The number of hydrogen-bond donors (Lipinski definition) is 2. The van der Waals surface area contributed by atoms with Crippen molar-refractivity contribution in [2.75, 3.05) is 31.1 Å².